The Morgan fingerprint density at radius 1 is 1.26 bits per heavy atom. The highest BCUT2D eigenvalue weighted by atomic mass is 35.5. The number of carbonyl (C=O) groups is 1. The molecule has 0 radical (unpaired) electrons. The fourth-order valence-corrected chi connectivity index (χ4v) is 3.37. The summed E-state index contributed by atoms with van der Waals surface area (Å²) in [5.41, 5.74) is 2.04. The average Bonchev–Trinajstić information content (AvgIpc) is 2.87. The van der Waals surface area contributed by atoms with Crippen molar-refractivity contribution in [3.05, 3.63) is 64.7 Å². The lowest BCUT2D eigenvalue weighted by atomic mass is 10.0. The fourth-order valence-electron chi connectivity index (χ4n) is 3.17. The van der Waals surface area contributed by atoms with Crippen LogP contribution in [0.4, 0.5) is 4.79 Å². The topological polar surface area (TPSA) is 44.8 Å². The van der Waals surface area contributed by atoms with E-state index in [0.29, 0.717) is 24.7 Å². The molecular weight excluding hydrogens is 362 g/mol. The zero-order valence-corrected chi connectivity index (χ0v) is 16.6. The third kappa shape index (κ3) is 5.37. The summed E-state index contributed by atoms with van der Waals surface area (Å²) < 4.78 is 5.77. The molecule has 0 fully saturated rings. The van der Waals surface area contributed by atoms with Crippen molar-refractivity contribution in [1.82, 2.24) is 15.1 Å². The Hall–Kier alpha value is -2.24. The van der Waals surface area contributed by atoms with Gasteiger partial charge in [0, 0.05) is 10.6 Å². The van der Waals surface area contributed by atoms with Crippen LogP contribution in [0.25, 0.3) is 0 Å². The first kappa shape index (κ1) is 19.5. The SMILES string of the molecule is CN(C)CCC(NC(=O)N1CCOc2ccc(Cl)cc2C1)c1ccccc1. The molecule has 3 rings (SSSR count). The van der Waals surface area contributed by atoms with Gasteiger partial charge in [0.15, 0.2) is 0 Å². The summed E-state index contributed by atoms with van der Waals surface area (Å²) in [7, 11) is 4.08. The molecule has 0 aliphatic carbocycles. The maximum atomic E-state index is 13.0. The molecular formula is C21H26ClN3O2. The van der Waals surface area contributed by atoms with E-state index in [1.54, 1.807) is 4.90 Å². The summed E-state index contributed by atoms with van der Waals surface area (Å²) >= 11 is 6.11. The fraction of sp³-hybridized carbons (Fsp3) is 0.381. The third-order valence-electron chi connectivity index (χ3n) is 4.65. The van der Waals surface area contributed by atoms with E-state index in [1.807, 2.05) is 50.5 Å². The van der Waals surface area contributed by atoms with Crippen LogP contribution in [0.1, 0.15) is 23.6 Å². The molecule has 0 saturated carbocycles. The van der Waals surface area contributed by atoms with Crippen LogP contribution in [0.15, 0.2) is 48.5 Å². The molecule has 2 amide bonds. The van der Waals surface area contributed by atoms with Crippen molar-refractivity contribution >= 4 is 17.6 Å². The van der Waals surface area contributed by atoms with E-state index in [4.69, 9.17) is 16.3 Å². The number of hydrogen-bond acceptors (Lipinski definition) is 3. The van der Waals surface area contributed by atoms with Gasteiger partial charge >= 0.3 is 6.03 Å². The number of fused-ring (bicyclic) bond motifs is 1. The maximum absolute atomic E-state index is 13.0. The molecule has 5 nitrogen and oxygen atoms in total. The van der Waals surface area contributed by atoms with Crippen LogP contribution in [-0.2, 0) is 6.54 Å². The second-order valence-corrected chi connectivity index (χ2v) is 7.46. The number of nitrogens with zero attached hydrogens (tertiary/aromatic N) is 2. The molecule has 0 spiro atoms. The van der Waals surface area contributed by atoms with Crippen LogP contribution in [-0.4, -0.2) is 49.6 Å². The van der Waals surface area contributed by atoms with Crippen molar-refractivity contribution < 1.29 is 9.53 Å². The van der Waals surface area contributed by atoms with Gasteiger partial charge in [-0.3, -0.25) is 0 Å². The predicted octanol–water partition coefficient (Wildman–Crippen LogP) is 3.94. The van der Waals surface area contributed by atoms with Crippen LogP contribution < -0.4 is 10.1 Å². The molecule has 2 aromatic rings. The standard InChI is InChI=1S/C21H26ClN3O2/c1-24(2)11-10-19(16-6-4-3-5-7-16)23-21(26)25-12-13-27-20-9-8-18(22)14-17(20)15-25/h3-9,14,19H,10-13,15H2,1-2H3,(H,23,26). The van der Waals surface area contributed by atoms with Gasteiger partial charge in [0.05, 0.1) is 19.1 Å². The largest absolute Gasteiger partial charge is 0.491 e. The molecule has 6 heteroatoms. The molecule has 0 saturated heterocycles. The number of rotatable bonds is 5. The van der Waals surface area contributed by atoms with E-state index < -0.39 is 0 Å². The Morgan fingerprint density at radius 2 is 2.04 bits per heavy atom. The number of carbonyl (C=O) groups excluding carboxylic acids is 1. The second-order valence-electron chi connectivity index (χ2n) is 7.03. The van der Waals surface area contributed by atoms with E-state index in [2.05, 4.69) is 22.3 Å². The molecule has 1 aliphatic rings. The van der Waals surface area contributed by atoms with Crippen molar-refractivity contribution in [2.75, 3.05) is 33.8 Å². The number of benzene rings is 2. The summed E-state index contributed by atoms with van der Waals surface area (Å²) in [4.78, 5) is 16.9. The van der Waals surface area contributed by atoms with Gasteiger partial charge in [-0.05, 0) is 50.8 Å². The van der Waals surface area contributed by atoms with Gasteiger partial charge < -0.3 is 19.9 Å². The molecule has 1 unspecified atom stereocenters. The Balaban J connectivity index is 1.72. The van der Waals surface area contributed by atoms with E-state index in [1.165, 1.54) is 0 Å². The van der Waals surface area contributed by atoms with Gasteiger partial charge in [0.1, 0.15) is 12.4 Å². The summed E-state index contributed by atoms with van der Waals surface area (Å²) in [6.07, 6.45) is 0.843. The second kappa shape index (κ2) is 9.11. The maximum Gasteiger partial charge on any atom is 0.318 e. The Labute approximate surface area is 165 Å². The lowest BCUT2D eigenvalue weighted by Crippen LogP contribution is -2.42. The van der Waals surface area contributed by atoms with Gasteiger partial charge in [-0.2, -0.15) is 0 Å². The molecule has 27 heavy (non-hydrogen) atoms. The average molecular weight is 388 g/mol. The normalized spacial score (nSPS) is 14.9. The monoisotopic (exact) mass is 387 g/mol. The number of halogens is 1. The van der Waals surface area contributed by atoms with Crippen LogP contribution in [0, 0.1) is 0 Å². The highest BCUT2D eigenvalue weighted by Crippen LogP contribution is 2.26. The molecule has 1 heterocycles. The molecule has 144 valence electrons. The van der Waals surface area contributed by atoms with Gasteiger partial charge in [0.2, 0.25) is 0 Å². The Bertz CT molecular complexity index is 767. The van der Waals surface area contributed by atoms with Crippen molar-refractivity contribution in [1.29, 1.82) is 0 Å². The van der Waals surface area contributed by atoms with Gasteiger partial charge in [-0.1, -0.05) is 41.9 Å². The first-order valence-electron chi connectivity index (χ1n) is 9.19. The van der Waals surface area contributed by atoms with E-state index in [-0.39, 0.29) is 12.1 Å². The minimum absolute atomic E-state index is 0.0379. The van der Waals surface area contributed by atoms with Crippen LogP contribution in [0.3, 0.4) is 0 Å². The van der Waals surface area contributed by atoms with Crippen molar-refractivity contribution in [3.63, 3.8) is 0 Å². The quantitative estimate of drug-likeness (QED) is 0.845. The lowest BCUT2D eigenvalue weighted by molar-refractivity contribution is 0.182. The van der Waals surface area contributed by atoms with Gasteiger partial charge in [0.25, 0.3) is 0 Å². The van der Waals surface area contributed by atoms with Crippen molar-refractivity contribution in [3.8, 4) is 5.75 Å². The van der Waals surface area contributed by atoms with Gasteiger partial charge in [-0.25, -0.2) is 4.79 Å². The number of urea groups is 1. The van der Waals surface area contributed by atoms with Gasteiger partial charge in [-0.15, -0.1) is 0 Å². The van der Waals surface area contributed by atoms with E-state index >= 15 is 0 Å². The van der Waals surface area contributed by atoms with Crippen molar-refractivity contribution in [2.45, 2.75) is 19.0 Å². The molecule has 1 atom stereocenters. The zero-order chi connectivity index (χ0) is 19.2. The highest BCUT2D eigenvalue weighted by Gasteiger charge is 2.23. The number of ether oxygens (including phenoxy) is 1. The number of hydrogen-bond donors (Lipinski definition) is 1. The van der Waals surface area contributed by atoms with E-state index in [0.717, 1.165) is 29.8 Å². The van der Waals surface area contributed by atoms with Crippen molar-refractivity contribution in [2.24, 2.45) is 0 Å². The third-order valence-corrected chi connectivity index (χ3v) is 4.89. The smallest absolute Gasteiger partial charge is 0.318 e. The van der Waals surface area contributed by atoms with Crippen LogP contribution in [0.5, 0.6) is 5.75 Å². The first-order valence-corrected chi connectivity index (χ1v) is 9.57. The predicted molar refractivity (Wildman–Crippen MR) is 108 cm³/mol. The summed E-state index contributed by atoms with van der Waals surface area (Å²) in [5.74, 6) is 0.793. The van der Waals surface area contributed by atoms with Crippen LogP contribution in [0.2, 0.25) is 5.02 Å². The summed E-state index contributed by atoms with van der Waals surface area (Å²) in [6.45, 7) is 2.38. The Morgan fingerprint density at radius 3 is 2.78 bits per heavy atom. The van der Waals surface area contributed by atoms with Crippen LogP contribution >= 0.6 is 11.6 Å². The first-order chi connectivity index (χ1) is 13.0. The minimum atomic E-state index is -0.0842. The molecule has 1 N–H and O–H groups in total. The Kier molecular flexibility index (Phi) is 6.58. The zero-order valence-electron chi connectivity index (χ0n) is 15.8. The lowest BCUT2D eigenvalue weighted by Gasteiger charge is -2.26. The minimum Gasteiger partial charge on any atom is -0.491 e. The molecule has 0 aromatic heterocycles. The highest BCUT2D eigenvalue weighted by molar-refractivity contribution is 6.30. The number of amides is 2. The molecule has 1 aliphatic heterocycles. The molecule has 0 bridgehead atoms. The molecule has 2 aromatic carbocycles. The summed E-state index contributed by atoms with van der Waals surface area (Å²) in [5, 5.41) is 3.85. The van der Waals surface area contributed by atoms with E-state index in [9.17, 15) is 4.79 Å². The summed E-state index contributed by atoms with van der Waals surface area (Å²) in [6, 6.07) is 15.5. The number of nitrogens with one attached hydrogen (secondary N) is 1.